The predicted octanol–water partition coefficient (Wildman–Crippen LogP) is 1.59. The first-order chi connectivity index (χ1) is 15.3. The Morgan fingerprint density at radius 3 is 2.81 bits per heavy atom. The van der Waals surface area contributed by atoms with Gasteiger partial charge in [0.25, 0.3) is 5.56 Å². The zero-order valence-electron chi connectivity index (χ0n) is 16.1. The van der Waals surface area contributed by atoms with Crippen LogP contribution in [0.1, 0.15) is 6.23 Å². The fraction of sp³-hybridized carbons (Fsp3) is 0.278. The summed E-state index contributed by atoms with van der Waals surface area (Å²) in [4.78, 5) is 33.7. The molecule has 166 valence electrons. The highest BCUT2D eigenvalue weighted by atomic mass is 32.5. The van der Waals surface area contributed by atoms with Gasteiger partial charge in [-0.3, -0.25) is 13.9 Å². The lowest BCUT2D eigenvalue weighted by Crippen LogP contribution is -2.39. The average molecular weight is 493 g/mol. The van der Waals surface area contributed by atoms with Crippen molar-refractivity contribution in [2.75, 3.05) is 6.61 Å². The summed E-state index contributed by atoms with van der Waals surface area (Å²) in [6, 6.07) is 9.53. The van der Waals surface area contributed by atoms with Gasteiger partial charge in [-0.25, -0.2) is 4.40 Å². The Labute approximate surface area is 189 Å². The van der Waals surface area contributed by atoms with Crippen LogP contribution in [-0.4, -0.2) is 58.8 Å². The minimum absolute atomic E-state index is 0.0287. The maximum absolute atomic E-state index is 13.2. The molecule has 3 unspecified atom stereocenters. The van der Waals surface area contributed by atoms with Crippen molar-refractivity contribution in [2.45, 2.75) is 24.5 Å². The van der Waals surface area contributed by atoms with Crippen LogP contribution in [0.3, 0.4) is 0 Å². The number of hydrogen-bond acceptors (Lipinski definition) is 8. The highest BCUT2D eigenvalue weighted by Gasteiger charge is 2.51. The van der Waals surface area contributed by atoms with Crippen LogP contribution in [0.5, 0.6) is 0 Å². The molecule has 2 fully saturated rings. The van der Waals surface area contributed by atoms with Crippen LogP contribution >= 0.6 is 18.9 Å². The summed E-state index contributed by atoms with van der Waals surface area (Å²) < 4.78 is 19.4. The van der Waals surface area contributed by atoms with Crippen molar-refractivity contribution in [3.63, 3.8) is 0 Å². The van der Waals surface area contributed by atoms with E-state index in [1.807, 2.05) is 30.3 Å². The van der Waals surface area contributed by atoms with Gasteiger partial charge in [0.2, 0.25) is 5.78 Å². The Morgan fingerprint density at radius 2 is 2.03 bits per heavy atom. The van der Waals surface area contributed by atoms with Crippen LogP contribution in [0.25, 0.3) is 28.2 Å². The van der Waals surface area contributed by atoms with Gasteiger partial charge in [0, 0.05) is 6.20 Å². The predicted molar refractivity (Wildman–Crippen MR) is 119 cm³/mol. The Hall–Kier alpha value is -2.22. The molecular weight excluding hydrogens is 477 g/mol. The zero-order valence-corrected chi connectivity index (χ0v) is 18.6. The van der Waals surface area contributed by atoms with E-state index in [0.29, 0.717) is 5.78 Å². The Balaban J connectivity index is 1.49. The molecule has 2 aliphatic heterocycles. The summed E-state index contributed by atoms with van der Waals surface area (Å²) in [7, 11) is 0. The molecule has 14 heteroatoms. The van der Waals surface area contributed by atoms with Gasteiger partial charge >= 0.3 is 6.72 Å². The molecule has 3 aromatic heterocycles. The summed E-state index contributed by atoms with van der Waals surface area (Å²) in [5.74, 6) is 0.305. The number of aromatic nitrogens is 5. The maximum atomic E-state index is 13.2. The number of fused-ring (bicyclic) bond motifs is 3. The van der Waals surface area contributed by atoms with Crippen LogP contribution in [0.15, 0.2) is 41.3 Å². The van der Waals surface area contributed by atoms with Crippen molar-refractivity contribution < 1.29 is 23.8 Å². The first-order valence-corrected chi connectivity index (χ1v) is 12.6. The number of aliphatic hydroxyl groups excluding tert-OH is 1. The molecule has 11 nitrogen and oxygen atoms in total. The molecule has 0 spiro atoms. The highest BCUT2D eigenvalue weighted by molar-refractivity contribution is 8.07. The number of imidazole rings is 2. The summed E-state index contributed by atoms with van der Waals surface area (Å²) >= 11 is 10.3. The monoisotopic (exact) mass is 493 g/mol. The first-order valence-electron chi connectivity index (χ1n) is 9.63. The summed E-state index contributed by atoms with van der Waals surface area (Å²) in [6.07, 6.45) is -2.11. The third-order valence-electron chi connectivity index (χ3n) is 5.59. The molecule has 0 aliphatic carbocycles. The van der Waals surface area contributed by atoms with Crippen molar-refractivity contribution in [3.8, 4) is 11.3 Å². The average Bonchev–Trinajstić information content (AvgIpc) is 3.43. The number of aliphatic hydroxyl groups is 1. The molecular formula is C18H16N5O6PS2. The molecule has 6 rings (SSSR count). The van der Waals surface area contributed by atoms with Gasteiger partial charge in [-0.15, -0.1) is 0 Å². The molecule has 5 atom stereocenters. The van der Waals surface area contributed by atoms with E-state index in [9.17, 15) is 14.8 Å². The summed E-state index contributed by atoms with van der Waals surface area (Å²) in [5.41, 5.74) is 1.64. The smallest absolute Gasteiger partial charge is 0.325 e. The molecule has 0 radical (unpaired) electrons. The second-order valence-corrected chi connectivity index (χ2v) is 10.7. The van der Waals surface area contributed by atoms with Gasteiger partial charge in [-0.05, 0) is 29.6 Å². The van der Waals surface area contributed by atoms with Crippen LogP contribution in [0.2, 0.25) is 0 Å². The van der Waals surface area contributed by atoms with Crippen LogP contribution in [0, 0.1) is 4.77 Å². The fourth-order valence-electron chi connectivity index (χ4n) is 4.11. The zero-order chi connectivity index (χ0) is 22.2. The molecule has 4 aromatic rings. The molecule has 1 aromatic carbocycles. The van der Waals surface area contributed by atoms with Crippen molar-refractivity contribution in [1.82, 2.24) is 23.9 Å². The Kier molecular flexibility index (Phi) is 4.55. The first kappa shape index (κ1) is 20.4. The van der Waals surface area contributed by atoms with E-state index in [-0.39, 0.29) is 28.1 Å². The fourth-order valence-corrected chi connectivity index (χ4v) is 5.85. The highest BCUT2D eigenvalue weighted by Crippen LogP contribution is 2.52. The SMILES string of the molecule is O=c1c2[nH]c(=S)n([C@@H]3OC4COP(O)(=S)O[C@H]4C3O)c2nc2[nH]c(-c3ccccc3)cn12. The number of aromatic amines is 2. The third-order valence-corrected chi connectivity index (χ3v) is 7.44. The van der Waals surface area contributed by atoms with E-state index in [4.69, 9.17) is 37.8 Å². The molecule has 0 amide bonds. The van der Waals surface area contributed by atoms with Gasteiger partial charge in [-0.2, -0.15) is 4.98 Å². The molecule has 0 bridgehead atoms. The van der Waals surface area contributed by atoms with Gasteiger partial charge < -0.3 is 29.2 Å². The summed E-state index contributed by atoms with van der Waals surface area (Å²) in [5, 5.41) is 10.9. The Bertz CT molecular complexity index is 1530. The second kappa shape index (κ2) is 7.14. The van der Waals surface area contributed by atoms with Crippen LogP contribution in [0.4, 0.5) is 0 Å². The van der Waals surface area contributed by atoms with E-state index in [1.165, 1.54) is 8.97 Å². The summed E-state index contributed by atoms with van der Waals surface area (Å²) in [6.45, 7) is -3.48. The van der Waals surface area contributed by atoms with E-state index in [1.54, 1.807) is 6.20 Å². The quantitative estimate of drug-likeness (QED) is 0.242. The van der Waals surface area contributed by atoms with E-state index in [2.05, 4.69) is 15.0 Å². The van der Waals surface area contributed by atoms with Gasteiger partial charge in [0.15, 0.2) is 22.2 Å². The van der Waals surface area contributed by atoms with E-state index >= 15 is 0 Å². The van der Waals surface area contributed by atoms with Gasteiger partial charge in [0.05, 0.1) is 12.3 Å². The minimum Gasteiger partial charge on any atom is -0.386 e. The second-order valence-electron chi connectivity index (χ2n) is 7.53. The molecule has 2 aliphatic rings. The molecule has 32 heavy (non-hydrogen) atoms. The van der Waals surface area contributed by atoms with Crippen molar-refractivity contribution in [2.24, 2.45) is 0 Å². The van der Waals surface area contributed by atoms with Crippen molar-refractivity contribution in [1.29, 1.82) is 0 Å². The number of nitrogens with one attached hydrogen (secondary N) is 2. The number of H-pyrrole nitrogens is 2. The Morgan fingerprint density at radius 1 is 1.25 bits per heavy atom. The number of nitrogens with zero attached hydrogens (tertiary/aromatic N) is 3. The number of hydrogen-bond donors (Lipinski definition) is 4. The normalized spacial score (nSPS) is 30.2. The van der Waals surface area contributed by atoms with Crippen molar-refractivity contribution in [3.05, 3.63) is 51.7 Å². The van der Waals surface area contributed by atoms with Gasteiger partial charge in [-0.1, -0.05) is 30.3 Å². The topological polar surface area (TPSA) is 139 Å². The maximum Gasteiger partial charge on any atom is 0.325 e. The molecule has 5 heterocycles. The molecule has 4 N–H and O–H groups in total. The lowest BCUT2D eigenvalue weighted by molar-refractivity contribution is -0.0597. The number of rotatable bonds is 2. The van der Waals surface area contributed by atoms with E-state index < -0.39 is 31.3 Å². The van der Waals surface area contributed by atoms with Gasteiger partial charge in [0.1, 0.15) is 18.3 Å². The lowest BCUT2D eigenvalue weighted by atomic mass is 10.1. The number of ether oxygens (including phenoxy) is 1. The largest absolute Gasteiger partial charge is 0.386 e. The number of benzene rings is 1. The van der Waals surface area contributed by atoms with Crippen LogP contribution in [-0.2, 0) is 25.6 Å². The standard InChI is InChI=1S/C18H16N5O6PS2/c24-12-13-10(7-27-30(26,32)29-13)28-16(12)23-14-11(20-18(23)31)15(25)22-6-9(19-17(22)21-14)8-4-2-1-3-5-8/h1-6,10,12-13,16,24H,7H2,(H,19,21)(H,20,31)(H,26,32)/t10?,12?,13-,16-,30?/m1/s1. The van der Waals surface area contributed by atoms with Crippen LogP contribution < -0.4 is 5.56 Å². The molecule has 0 saturated carbocycles. The molecule has 2 saturated heterocycles. The van der Waals surface area contributed by atoms with Crippen molar-refractivity contribution >= 4 is 47.7 Å². The minimum atomic E-state index is -3.45. The third kappa shape index (κ3) is 3.05. The van der Waals surface area contributed by atoms with E-state index in [0.717, 1.165) is 11.3 Å². The lowest BCUT2D eigenvalue weighted by Gasteiger charge is -2.30.